The molecular formula is C27H22ClFN2O5S. The normalized spacial score (nSPS) is 12.0. The second-order valence-corrected chi connectivity index (χ2v) is 9.64. The van der Waals surface area contributed by atoms with Crippen LogP contribution in [0.4, 0.5) is 4.39 Å². The molecule has 37 heavy (non-hydrogen) atoms. The van der Waals surface area contributed by atoms with Crippen LogP contribution < -0.4 is 14.2 Å². The first-order valence-corrected chi connectivity index (χ1v) is 12.6. The molecule has 5 rings (SSSR count). The molecule has 0 saturated carbocycles. The zero-order chi connectivity index (χ0) is 25.8. The average molecular weight is 541 g/mol. The number of hydrogen-bond acceptors (Lipinski definition) is 7. The van der Waals surface area contributed by atoms with Crippen LogP contribution in [0.1, 0.15) is 32.2 Å². The van der Waals surface area contributed by atoms with Crippen molar-refractivity contribution < 1.29 is 28.5 Å². The van der Waals surface area contributed by atoms with Gasteiger partial charge < -0.3 is 24.2 Å². The van der Waals surface area contributed by atoms with Gasteiger partial charge in [-0.1, -0.05) is 29.8 Å². The minimum Gasteiger partial charge on any atom is -0.486 e. The molecule has 0 bridgehead atoms. The van der Waals surface area contributed by atoms with Gasteiger partial charge in [-0.05, 0) is 48.0 Å². The molecule has 4 aromatic rings. The number of carbonyl (C=O) groups excluding carboxylic acids is 1. The number of amides is 1. The quantitative estimate of drug-likeness (QED) is 0.298. The van der Waals surface area contributed by atoms with Gasteiger partial charge in [0, 0.05) is 22.5 Å². The Morgan fingerprint density at radius 3 is 2.76 bits per heavy atom. The first-order valence-electron chi connectivity index (χ1n) is 11.4. The van der Waals surface area contributed by atoms with Gasteiger partial charge in [0.1, 0.15) is 23.2 Å². The van der Waals surface area contributed by atoms with Gasteiger partial charge in [-0.25, -0.2) is 9.37 Å². The van der Waals surface area contributed by atoms with Crippen LogP contribution in [0.2, 0.25) is 5.02 Å². The van der Waals surface area contributed by atoms with Crippen LogP contribution in [0.5, 0.6) is 17.2 Å². The molecule has 1 aromatic heterocycles. The van der Waals surface area contributed by atoms with Crippen molar-refractivity contribution in [2.24, 2.45) is 0 Å². The lowest BCUT2D eigenvalue weighted by Crippen LogP contribution is -2.31. The van der Waals surface area contributed by atoms with Crippen molar-refractivity contribution in [3.05, 3.63) is 104 Å². The molecule has 0 radical (unpaired) electrons. The summed E-state index contributed by atoms with van der Waals surface area (Å²) in [5.41, 5.74) is 1.98. The molecule has 0 fully saturated rings. The third-order valence-corrected chi connectivity index (χ3v) is 6.80. The monoisotopic (exact) mass is 540 g/mol. The highest BCUT2D eigenvalue weighted by molar-refractivity contribution is 7.09. The lowest BCUT2D eigenvalue weighted by Gasteiger charge is -2.25. The Balaban J connectivity index is 1.43. The summed E-state index contributed by atoms with van der Waals surface area (Å²) in [5, 5.41) is 12.2. The molecule has 0 unspecified atom stereocenters. The molecule has 1 N–H and O–H groups in total. The van der Waals surface area contributed by atoms with E-state index in [4.69, 9.17) is 25.8 Å². The number of hydrogen-bond donors (Lipinski definition) is 1. The number of rotatable bonds is 9. The maximum absolute atomic E-state index is 14.6. The largest absolute Gasteiger partial charge is 0.486 e. The van der Waals surface area contributed by atoms with Gasteiger partial charge >= 0.3 is 0 Å². The van der Waals surface area contributed by atoms with E-state index in [1.807, 2.05) is 6.07 Å². The highest BCUT2D eigenvalue weighted by Gasteiger charge is 2.23. The van der Waals surface area contributed by atoms with Crippen LogP contribution in [0.15, 0.2) is 66.0 Å². The van der Waals surface area contributed by atoms with Crippen LogP contribution in [0.3, 0.4) is 0 Å². The Labute approximate surface area is 221 Å². The third-order valence-electron chi connectivity index (χ3n) is 5.70. The van der Waals surface area contributed by atoms with Crippen LogP contribution in [0, 0.1) is 5.82 Å². The fraction of sp³-hybridized carbons (Fsp3) is 0.185. The van der Waals surface area contributed by atoms with Crippen molar-refractivity contribution in [2.45, 2.75) is 26.3 Å². The van der Waals surface area contributed by atoms with Crippen LogP contribution >= 0.6 is 22.9 Å². The molecule has 3 aromatic carbocycles. The molecule has 1 aliphatic rings. The zero-order valence-corrected chi connectivity index (χ0v) is 21.1. The van der Waals surface area contributed by atoms with Crippen molar-refractivity contribution in [1.29, 1.82) is 0 Å². The molecular weight excluding hydrogens is 519 g/mol. The van der Waals surface area contributed by atoms with Crippen LogP contribution in [0.25, 0.3) is 0 Å². The Morgan fingerprint density at radius 1 is 1.11 bits per heavy atom. The number of thiazole rings is 1. The Kier molecular flexibility index (Phi) is 7.55. The second-order valence-electron chi connectivity index (χ2n) is 8.26. The summed E-state index contributed by atoms with van der Waals surface area (Å²) >= 11 is 7.68. The maximum Gasteiger partial charge on any atom is 0.257 e. The number of aliphatic hydroxyl groups excluding tert-OH is 1. The topological polar surface area (TPSA) is 81.1 Å². The van der Waals surface area contributed by atoms with Gasteiger partial charge in [-0.15, -0.1) is 11.3 Å². The van der Waals surface area contributed by atoms with Gasteiger partial charge in [-0.2, -0.15) is 0 Å². The van der Waals surface area contributed by atoms with Crippen LogP contribution in [-0.4, -0.2) is 27.7 Å². The SMILES string of the molecule is O=C(c1ccccc1F)N(Cc1ccc2c(c1)OCO2)Cc1cc(Cl)ccc1OCc1nc(CO)cs1. The van der Waals surface area contributed by atoms with E-state index in [0.29, 0.717) is 38.5 Å². The molecule has 1 amide bonds. The fourth-order valence-electron chi connectivity index (χ4n) is 3.91. The number of ether oxygens (including phenoxy) is 3. The maximum atomic E-state index is 14.6. The van der Waals surface area contributed by atoms with E-state index in [1.165, 1.54) is 34.4 Å². The summed E-state index contributed by atoms with van der Waals surface area (Å²) in [5.74, 6) is 0.659. The molecule has 0 saturated heterocycles. The fourth-order valence-corrected chi connectivity index (χ4v) is 4.80. The first kappa shape index (κ1) is 25.0. The number of nitrogens with zero attached hydrogens (tertiary/aromatic N) is 2. The third kappa shape index (κ3) is 5.85. The molecule has 190 valence electrons. The van der Waals surface area contributed by atoms with E-state index in [2.05, 4.69) is 4.98 Å². The van der Waals surface area contributed by atoms with Crippen molar-refractivity contribution in [2.75, 3.05) is 6.79 Å². The van der Waals surface area contributed by atoms with Crippen LogP contribution in [-0.2, 0) is 26.3 Å². The average Bonchev–Trinajstić information content (AvgIpc) is 3.57. The Hall–Kier alpha value is -3.66. The standard InChI is InChI=1S/C27H22ClFN2O5S/c28-19-6-8-23(34-14-26-30-20(13-32)15-37-26)18(10-19)12-31(27(33)21-3-1-2-4-22(21)29)11-17-5-7-24-25(9-17)36-16-35-24/h1-10,15,32H,11-14,16H2. The van der Waals surface area contributed by atoms with Gasteiger partial charge in [0.15, 0.2) is 11.5 Å². The molecule has 0 atom stereocenters. The number of aromatic nitrogens is 1. The highest BCUT2D eigenvalue weighted by Crippen LogP contribution is 2.33. The summed E-state index contributed by atoms with van der Waals surface area (Å²) in [7, 11) is 0. The predicted octanol–water partition coefficient (Wildman–Crippen LogP) is 5.58. The lowest BCUT2D eigenvalue weighted by molar-refractivity contribution is 0.0723. The summed E-state index contributed by atoms with van der Waals surface area (Å²) in [6.45, 7) is 0.469. The molecule has 0 spiro atoms. The van der Waals surface area contributed by atoms with Gasteiger partial charge in [0.05, 0.1) is 24.4 Å². The van der Waals surface area contributed by atoms with E-state index in [1.54, 1.807) is 41.8 Å². The smallest absolute Gasteiger partial charge is 0.257 e. The summed E-state index contributed by atoms with van der Waals surface area (Å²) < 4.78 is 31.5. The molecule has 2 heterocycles. The number of carbonyl (C=O) groups is 1. The predicted molar refractivity (Wildman–Crippen MR) is 136 cm³/mol. The second kappa shape index (κ2) is 11.2. The number of benzene rings is 3. The molecule has 1 aliphatic heterocycles. The molecule has 0 aliphatic carbocycles. The number of halogens is 2. The van der Waals surface area contributed by atoms with E-state index in [0.717, 1.165) is 5.56 Å². The van der Waals surface area contributed by atoms with E-state index in [9.17, 15) is 14.3 Å². The minimum absolute atomic E-state index is 0.0351. The van der Waals surface area contributed by atoms with E-state index in [-0.39, 0.29) is 38.7 Å². The highest BCUT2D eigenvalue weighted by atomic mass is 35.5. The van der Waals surface area contributed by atoms with Crippen molar-refractivity contribution in [1.82, 2.24) is 9.88 Å². The van der Waals surface area contributed by atoms with Crippen molar-refractivity contribution >= 4 is 28.8 Å². The zero-order valence-electron chi connectivity index (χ0n) is 19.5. The number of fused-ring (bicyclic) bond motifs is 1. The van der Waals surface area contributed by atoms with Crippen molar-refractivity contribution in [3.8, 4) is 17.2 Å². The van der Waals surface area contributed by atoms with Gasteiger partial charge in [0.25, 0.3) is 5.91 Å². The van der Waals surface area contributed by atoms with Gasteiger partial charge in [-0.3, -0.25) is 4.79 Å². The van der Waals surface area contributed by atoms with E-state index < -0.39 is 11.7 Å². The summed E-state index contributed by atoms with van der Waals surface area (Å²) in [6.07, 6.45) is 0. The lowest BCUT2D eigenvalue weighted by atomic mass is 10.1. The molecule has 10 heteroatoms. The van der Waals surface area contributed by atoms with Crippen molar-refractivity contribution in [3.63, 3.8) is 0 Å². The Bertz CT molecular complexity index is 1430. The van der Waals surface area contributed by atoms with Gasteiger partial charge in [0.2, 0.25) is 6.79 Å². The Morgan fingerprint density at radius 2 is 1.95 bits per heavy atom. The minimum atomic E-state index is -0.603. The van der Waals surface area contributed by atoms with E-state index >= 15 is 0 Å². The summed E-state index contributed by atoms with van der Waals surface area (Å²) in [4.78, 5) is 19.4. The number of aliphatic hydroxyl groups is 1. The summed E-state index contributed by atoms with van der Waals surface area (Å²) in [6, 6.07) is 16.5. The molecule has 7 nitrogen and oxygen atoms in total. The first-order chi connectivity index (χ1) is 18.0.